The van der Waals surface area contributed by atoms with E-state index in [1.165, 1.54) is 18.5 Å². The molecule has 0 radical (unpaired) electrons. The van der Waals surface area contributed by atoms with Crippen LogP contribution in [-0.2, 0) is 6.42 Å². The Kier molecular flexibility index (Phi) is 2.94. The lowest BCUT2D eigenvalue weighted by Crippen LogP contribution is -2.19. The Morgan fingerprint density at radius 3 is 2.94 bits per heavy atom. The zero-order valence-corrected chi connectivity index (χ0v) is 11.1. The van der Waals surface area contributed by atoms with Gasteiger partial charge in [-0.25, -0.2) is 0 Å². The van der Waals surface area contributed by atoms with E-state index < -0.39 is 0 Å². The van der Waals surface area contributed by atoms with Crippen molar-refractivity contribution in [2.75, 3.05) is 26.7 Å². The average Bonchev–Trinajstić information content (AvgIpc) is 2.82. The molecule has 0 spiro atoms. The summed E-state index contributed by atoms with van der Waals surface area (Å²) in [6.45, 7) is 5.57. The van der Waals surface area contributed by atoms with Gasteiger partial charge >= 0.3 is 0 Å². The number of likely N-dealkylation sites (tertiary alicyclic amines) is 1. The van der Waals surface area contributed by atoms with E-state index in [-0.39, 0.29) is 0 Å². The Labute approximate surface area is 108 Å². The van der Waals surface area contributed by atoms with E-state index in [1.807, 2.05) is 6.07 Å². The molecular formula is C15H21NO2. The molecule has 0 saturated carbocycles. The highest BCUT2D eigenvalue weighted by molar-refractivity contribution is 5.52. The molecule has 1 saturated heterocycles. The van der Waals surface area contributed by atoms with Crippen molar-refractivity contribution in [2.45, 2.75) is 25.7 Å². The van der Waals surface area contributed by atoms with Crippen LogP contribution in [-0.4, -0.2) is 36.8 Å². The summed E-state index contributed by atoms with van der Waals surface area (Å²) in [6, 6.07) is 3.68. The highest BCUT2D eigenvalue weighted by Crippen LogP contribution is 2.47. The molecule has 3 nitrogen and oxygen atoms in total. The van der Waals surface area contributed by atoms with Crippen molar-refractivity contribution in [1.29, 1.82) is 0 Å². The number of benzene rings is 1. The first-order chi connectivity index (χ1) is 8.74. The van der Waals surface area contributed by atoms with Gasteiger partial charge in [-0.05, 0) is 37.4 Å². The number of phenols is 1. The second-order valence-electron chi connectivity index (χ2n) is 5.44. The van der Waals surface area contributed by atoms with E-state index in [4.69, 9.17) is 4.74 Å². The zero-order chi connectivity index (χ0) is 12.7. The smallest absolute Gasteiger partial charge is 0.122 e. The zero-order valence-electron chi connectivity index (χ0n) is 11.1. The molecule has 3 rings (SSSR count). The molecular weight excluding hydrogens is 226 g/mol. The number of hydrogen-bond acceptors (Lipinski definition) is 3. The van der Waals surface area contributed by atoms with Crippen molar-refractivity contribution in [2.24, 2.45) is 5.92 Å². The summed E-state index contributed by atoms with van der Waals surface area (Å²) < 4.78 is 5.44. The third-order valence-electron chi connectivity index (χ3n) is 4.61. The van der Waals surface area contributed by atoms with Gasteiger partial charge in [-0.15, -0.1) is 0 Å². The first-order valence-corrected chi connectivity index (χ1v) is 6.85. The van der Waals surface area contributed by atoms with Crippen LogP contribution in [0.5, 0.6) is 11.5 Å². The van der Waals surface area contributed by atoms with Gasteiger partial charge < -0.3 is 14.7 Å². The van der Waals surface area contributed by atoms with E-state index in [9.17, 15) is 5.11 Å². The molecule has 1 aliphatic carbocycles. The highest BCUT2D eigenvalue weighted by atomic mass is 16.5. The summed E-state index contributed by atoms with van der Waals surface area (Å²) in [7, 11) is 1.71. The largest absolute Gasteiger partial charge is 0.508 e. The lowest BCUT2D eigenvalue weighted by molar-refractivity contribution is 0.337. The molecule has 1 aliphatic heterocycles. The number of hydrogen-bond donors (Lipinski definition) is 1. The Hall–Kier alpha value is -1.22. The van der Waals surface area contributed by atoms with E-state index >= 15 is 0 Å². The SMILES string of the molecule is CCN1CC2CCc3c(OC)ccc(O)c3C2C1. The number of nitrogens with zero attached hydrogens (tertiary/aromatic N) is 1. The second kappa shape index (κ2) is 4.47. The van der Waals surface area contributed by atoms with Crippen LogP contribution in [0.15, 0.2) is 12.1 Å². The first-order valence-electron chi connectivity index (χ1n) is 6.85. The summed E-state index contributed by atoms with van der Waals surface area (Å²) in [5.74, 6) is 2.59. The predicted molar refractivity (Wildman–Crippen MR) is 71.3 cm³/mol. The number of fused-ring (bicyclic) bond motifs is 3. The van der Waals surface area contributed by atoms with Crippen LogP contribution in [0.4, 0.5) is 0 Å². The van der Waals surface area contributed by atoms with Gasteiger partial charge in [0.1, 0.15) is 11.5 Å². The van der Waals surface area contributed by atoms with Crippen LogP contribution in [0.3, 0.4) is 0 Å². The van der Waals surface area contributed by atoms with Crippen molar-refractivity contribution in [3.8, 4) is 11.5 Å². The number of likely N-dealkylation sites (N-methyl/N-ethyl adjacent to an activating group) is 1. The van der Waals surface area contributed by atoms with Gasteiger partial charge in [-0.3, -0.25) is 0 Å². The van der Waals surface area contributed by atoms with Gasteiger partial charge in [0.05, 0.1) is 7.11 Å². The van der Waals surface area contributed by atoms with Crippen molar-refractivity contribution in [3.05, 3.63) is 23.3 Å². The topological polar surface area (TPSA) is 32.7 Å². The molecule has 2 aliphatic rings. The van der Waals surface area contributed by atoms with Crippen LogP contribution in [0.25, 0.3) is 0 Å². The summed E-state index contributed by atoms with van der Waals surface area (Å²) in [5, 5.41) is 10.2. The Balaban J connectivity index is 2.03. The summed E-state index contributed by atoms with van der Waals surface area (Å²) in [4.78, 5) is 2.49. The molecule has 2 atom stereocenters. The number of ether oxygens (including phenoxy) is 1. The van der Waals surface area contributed by atoms with Gasteiger partial charge in [-0.2, -0.15) is 0 Å². The van der Waals surface area contributed by atoms with Crippen LogP contribution < -0.4 is 4.74 Å². The molecule has 3 heteroatoms. The standard InChI is InChI=1S/C15H21NO2/c1-3-16-8-10-4-5-11-14(18-2)7-6-13(17)15(11)12(10)9-16/h6-7,10,12,17H,3-5,8-9H2,1-2H3. The normalized spacial score (nSPS) is 26.8. The summed E-state index contributed by atoms with van der Waals surface area (Å²) in [6.07, 6.45) is 2.25. The minimum Gasteiger partial charge on any atom is -0.508 e. The van der Waals surface area contributed by atoms with Crippen molar-refractivity contribution in [3.63, 3.8) is 0 Å². The van der Waals surface area contributed by atoms with E-state index in [1.54, 1.807) is 13.2 Å². The first kappa shape index (κ1) is 11.8. The minimum absolute atomic E-state index is 0.457. The molecule has 18 heavy (non-hydrogen) atoms. The maximum atomic E-state index is 10.2. The van der Waals surface area contributed by atoms with Crippen LogP contribution in [0, 0.1) is 5.92 Å². The van der Waals surface area contributed by atoms with Crippen LogP contribution in [0.2, 0.25) is 0 Å². The van der Waals surface area contributed by atoms with Crippen molar-refractivity contribution < 1.29 is 9.84 Å². The molecule has 1 aromatic rings. The molecule has 2 unspecified atom stereocenters. The molecule has 0 aromatic heterocycles. The maximum Gasteiger partial charge on any atom is 0.122 e. The lowest BCUT2D eigenvalue weighted by Gasteiger charge is -2.29. The van der Waals surface area contributed by atoms with E-state index in [0.717, 1.165) is 30.8 Å². The van der Waals surface area contributed by atoms with Gasteiger partial charge in [0, 0.05) is 30.1 Å². The quantitative estimate of drug-likeness (QED) is 0.871. The Morgan fingerprint density at radius 1 is 1.39 bits per heavy atom. The summed E-state index contributed by atoms with van der Waals surface area (Å²) >= 11 is 0. The third kappa shape index (κ3) is 1.69. The lowest BCUT2D eigenvalue weighted by atomic mass is 9.76. The van der Waals surface area contributed by atoms with Crippen molar-refractivity contribution >= 4 is 0 Å². The second-order valence-corrected chi connectivity index (χ2v) is 5.44. The highest BCUT2D eigenvalue weighted by Gasteiger charge is 2.39. The van der Waals surface area contributed by atoms with Gasteiger partial charge in [0.2, 0.25) is 0 Å². The van der Waals surface area contributed by atoms with Crippen molar-refractivity contribution in [1.82, 2.24) is 4.90 Å². The molecule has 98 valence electrons. The average molecular weight is 247 g/mol. The third-order valence-corrected chi connectivity index (χ3v) is 4.61. The molecule has 1 aromatic carbocycles. The fourth-order valence-electron chi connectivity index (χ4n) is 3.66. The fraction of sp³-hybridized carbons (Fsp3) is 0.600. The minimum atomic E-state index is 0.457. The summed E-state index contributed by atoms with van der Waals surface area (Å²) in [5.41, 5.74) is 2.39. The number of rotatable bonds is 2. The van der Waals surface area contributed by atoms with Crippen LogP contribution in [0.1, 0.15) is 30.4 Å². The predicted octanol–water partition coefficient (Wildman–Crippen LogP) is 2.38. The maximum absolute atomic E-state index is 10.2. The van der Waals surface area contributed by atoms with Gasteiger partial charge in [0.15, 0.2) is 0 Å². The molecule has 0 amide bonds. The molecule has 1 fully saturated rings. The fourth-order valence-corrected chi connectivity index (χ4v) is 3.66. The molecule has 0 bridgehead atoms. The van der Waals surface area contributed by atoms with Crippen LogP contribution >= 0.6 is 0 Å². The van der Waals surface area contributed by atoms with E-state index in [0.29, 0.717) is 17.6 Å². The monoisotopic (exact) mass is 247 g/mol. The number of phenolic OH excluding ortho intramolecular Hbond substituents is 1. The Bertz CT molecular complexity index is 458. The van der Waals surface area contributed by atoms with Gasteiger partial charge in [0.25, 0.3) is 0 Å². The molecule has 1 N–H and O–H groups in total. The number of aromatic hydroxyl groups is 1. The Morgan fingerprint density at radius 2 is 2.22 bits per heavy atom. The molecule has 1 heterocycles. The number of methoxy groups -OCH3 is 1. The van der Waals surface area contributed by atoms with E-state index in [2.05, 4.69) is 11.8 Å². The van der Waals surface area contributed by atoms with Gasteiger partial charge in [-0.1, -0.05) is 6.92 Å².